The number of hydrogen-bond acceptors (Lipinski definition) is 3. The van der Waals surface area contributed by atoms with Gasteiger partial charge in [0.05, 0.1) is 6.26 Å². The molecule has 0 aliphatic heterocycles. The summed E-state index contributed by atoms with van der Waals surface area (Å²) in [4.78, 5) is 23.6. The molecule has 1 aromatic heterocycles. The van der Waals surface area contributed by atoms with E-state index in [2.05, 4.69) is 5.32 Å². The van der Waals surface area contributed by atoms with Crippen molar-refractivity contribution in [3.8, 4) is 0 Å². The molecule has 5 heteroatoms. The van der Waals surface area contributed by atoms with Crippen molar-refractivity contribution in [2.24, 2.45) is 0 Å². The first-order chi connectivity index (χ1) is 10.5. The number of anilines is 1. The van der Waals surface area contributed by atoms with Gasteiger partial charge in [-0.3, -0.25) is 9.59 Å². The topological polar surface area (TPSA) is 75.9 Å². The highest BCUT2D eigenvalue weighted by Gasteiger charge is 2.21. The number of quaternary nitrogens is 1. The number of Topliss-reactive ketones (excluding diaryl/α,β-unsaturated/α-hetero) is 1. The maximum atomic E-state index is 12.2. The van der Waals surface area contributed by atoms with Crippen molar-refractivity contribution in [3.05, 3.63) is 54.0 Å². The van der Waals surface area contributed by atoms with Gasteiger partial charge in [0.25, 0.3) is 5.91 Å². The monoisotopic (exact) mass is 301 g/mol. The summed E-state index contributed by atoms with van der Waals surface area (Å²) in [6.45, 7) is 5.32. The summed E-state index contributed by atoms with van der Waals surface area (Å²) >= 11 is 0. The Morgan fingerprint density at radius 3 is 2.59 bits per heavy atom. The van der Waals surface area contributed by atoms with Gasteiger partial charge in [-0.1, -0.05) is 12.1 Å². The van der Waals surface area contributed by atoms with Crippen LogP contribution in [0.1, 0.15) is 42.9 Å². The average molecular weight is 301 g/mol. The number of benzene rings is 1. The van der Waals surface area contributed by atoms with E-state index in [0.717, 1.165) is 5.76 Å². The lowest BCUT2D eigenvalue weighted by Crippen LogP contribution is -2.91. The zero-order valence-corrected chi connectivity index (χ0v) is 13.0. The molecule has 1 amide bonds. The zero-order chi connectivity index (χ0) is 16.1. The van der Waals surface area contributed by atoms with Crippen LogP contribution in [0.3, 0.4) is 0 Å². The Morgan fingerprint density at radius 1 is 1.18 bits per heavy atom. The summed E-state index contributed by atoms with van der Waals surface area (Å²) in [5.74, 6) is 0.694. The normalized spacial score (nSPS) is 13.4. The number of carbonyl (C=O) groups excluding carboxylic acids is 2. The molecular weight excluding hydrogens is 280 g/mol. The summed E-state index contributed by atoms with van der Waals surface area (Å²) in [7, 11) is 0. The predicted octanol–water partition coefficient (Wildman–Crippen LogP) is 2.13. The van der Waals surface area contributed by atoms with Crippen molar-refractivity contribution in [1.82, 2.24) is 0 Å². The van der Waals surface area contributed by atoms with E-state index in [4.69, 9.17) is 4.42 Å². The third-order valence-corrected chi connectivity index (χ3v) is 3.52. The third-order valence-electron chi connectivity index (χ3n) is 3.52. The highest BCUT2D eigenvalue weighted by atomic mass is 16.3. The molecule has 0 saturated heterocycles. The van der Waals surface area contributed by atoms with Gasteiger partial charge in [0, 0.05) is 11.3 Å². The Balaban J connectivity index is 1.96. The Labute approximate surface area is 129 Å². The van der Waals surface area contributed by atoms with Crippen LogP contribution in [-0.2, 0) is 4.79 Å². The van der Waals surface area contributed by atoms with Crippen LogP contribution in [0.4, 0.5) is 5.69 Å². The molecular formula is C17H21N2O3+. The Bertz CT molecular complexity index is 650. The molecule has 5 nitrogen and oxygen atoms in total. The van der Waals surface area contributed by atoms with Crippen molar-refractivity contribution in [2.75, 3.05) is 5.32 Å². The fourth-order valence-corrected chi connectivity index (χ4v) is 2.24. The van der Waals surface area contributed by atoms with E-state index < -0.39 is 0 Å². The molecule has 0 unspecified atom stereocenters. The van der Waals surface area contributed by atoms with Gasteiger partial charge >= 0.3 is 0 Å². The summed E-state index contributed by atoms with van der Waals surface area (Å²) in [6.07, 6.45) is 1.62. The largest absolute Gasteiger partial charge is 0.463 e. The number of furan rings is 1. The van der Waals surface area contributed by atoms with Crippen molar-refractivity contribution >= 4 is 17.4 Å². The first-order valence-corrected chi connectivity index (χ1v) is 7.27. The van der Waals surface area contributed by atoms with Gasteiger partial charge in [-0.25, -0.2) is 0 Å². The Kier molecular flexibility index (Phi) is 5.12. The van der Waals surface area contributed by atoms with Crippen LogP contribution in [0.15, 0.2) is 47.1 Å². The van der Waals surface area contributed by atoms with E-state index in [1.54, 1.807) is 30.5 Å². The van der Waals surface area contributed by atoms with E-state index in [9.17, 15) is 9.59 Å². The minimum absolute atomic E-state index is 0.0258. The average Bonchev–Trinajstić information content (AvgIpc) is 3.01. The first-order valence-electron chi connectivity index (χ1n) is 7.27. The maximum absolute atomic E-state index is 12.2. The van der Waals surface area contributed by atoms with E-state index >= 15 is 0 Å². The summed E-state index contributed by atoms with van der Waals surface area (Å²) in [5, 5.41) is 4.77. The Morgan fingerprint density at radius 2 is 1.95 bits per heavy atom. The van der Waals surface area contributed by atoms with E-state index in [-0.39, 0.29) is 23.8 Å². The summed E-state index contributed by atoms with van der Waals surface area (Å²) < 4.78 is 5.34. The van der Waals surface area contributed by atoms with Crippen LogP contribution >= 0.6 is 0 Å². The maximum Gasteiger partial charge on any atom is 0.282 e. The quantitative estimate of drug-likeness (QED) is 0.803. The second-order valence-electron chi connectivity index (χ2n) is 5.41. The molecule has 0 radical (unpaired) electrons. The molecule has 0 aliphatic carbocycles. The van der Waals surface area contributed by atoms with Crippen molar-refractivity contribution in [2.45, 2.75) is 32.9 Å². The molecule has 0 aliphatic rings. The number of nitrogens with one attached hydrogen (secondary N) is 1. The molecule has 2 atom stereocenters. The molecule has 0 saturated carbocycles. The highest BCUT2D eigenvalue weighted by Crippen LogP contribution is 2.12. The lowest BCUT2D eigenvalue weighted by atomic mass is 10.1. The minimum Gasteiger partial charge on any atom is -0.463 e. The van der Waals surface area contributed by atoms with Crippen molar-refractivity contribution in [3.63, 3.8) is 0 Å². The molecule has 22 heavy (non-hydrogen) atoms. The smallest absolute Gasteiger partial charge is 0.282 e. The van der Waals surface area contributed by atoms with Crippen LogP contribution in [-0.4, -0.2) is 17.7 Å². The van der Waals surface area contributed by atoms with Crippen LogP contribution < -0.4 is 10.6 Å². The molecule has 1 aromatic carbocycles. The molecule has 116 valence electrons. The van der Waals surface area contributed by atoms with Crippen LogP contribution in [0, 0.1) is 0 Å². The van der Waals surface area contributed by atoms with Gasteiger partial charge < -0.3 is 15.1 Å². The predicted molar refractivity (Wildman–Crippen MR) is 83.6 cm³/mol. The summed E-state index contributed by atoms with van der Waals surface area (Å²) in [6, 6.07) is 10.4. The Hall–Kier alpha value is -2.40. The van der Waals surface area contributed by atoms with Gasteiger partial charge in [-0.15, -0.1) is 0 Å². The highest BCUT2D eigenvalue weighted by molar-refractivity contribution is 5.97. The van der Waals surface area contributed by atoms with Crippen molar-refractivity contribution in [1.29, 1.82) is 0 Å². The summed E-state index contributed by atoms with van der Waals surface area (Å²) in [5.41, 5.74) is 1.21. The number of ketones is 1. The van der Waals surface area contributed by atoms with Crippen LogP contribution in [0.25, 0.3) is 0 Å². The standard InChI is InChI=1S/C17H20N2O3/c1-11(16-8-5-9-22-16)18-12(2)17(21)19-15-7-4-6-14(10-15)13(3)20/h4-12,18H,1-3H3,(H,19,21)/p+1/t11-,12-/m0/s1. The first kappa shape index (κ1) is 16.0. The SMILES string of the molecule is CC(=O)c1cccc(NC(=O)[C@H](C)[NH2+][C@@H](C)c2ccco2)c1. The molecule has 1 heterocycles. The van der Waals surface area contributed by atoms with Crippen LogP contribution in [0.5, 0.6) is 0 Å². The third kappa shape index (κ3) is 4.05. The van der Waals surface area contributed by atoms with Gasteiger partial charge in [-0.05, 0) is 45.0 Å². The number of amides is 1. The molecule has 2 aromatic rings. The van der Waals surface area contributed by atoms with E-state index in [1.807, 2.05) is 31.3 Å². The van der Waals surface area contributed by atoms with Gasteiger partial charge in [0.2, 0.25) is 0 Å². The fourth-order valence-electron chi connectivity index (χ4n) is 2.24. The van der Waals surface area contributed by atoms with Crippen molar-refractivity contribution < 1.29 is 19.3 Å². The second-order valence-corrected chi connectivity index (χ2v) is 5.41. The molecule has 2 rings (SSSR count). The number of carbonyl (C=O) groups is 2. The fraction of sp³-hybridized carbons (Fsp3) is 0.294. The lowest BCUT2D eigenvalue weighted by Gasteiger charge is -2.15. The van der Waals surface area contributed by atoms with E-state index in [0.29, 0.717) is 11.3 Å². The number of nitrogens with two attached hydrogens (primary N) is 1. The van der Waals surface area contributed by atoms with Gasteiger partial charge in [-0.2, -0.15) is 0 Å². The minimum atomic E-state index is -0.277. The van der Waals surface area contributed by atoms with E-state index in [1.165, 1.54) is 6.92 Å². The molecule has 0 fully saturated rings. The molecule has 3 N–H and O–H groups in total. The van der Waals surface area contributed by atoms with Crippen LogP contribution in [0.2, 0.25) is 0 Å². The molecule has 0 spiro atoms. The second kappa shape index (κ2) is 7.04. The van der Waals surface area contributed by atoms with Gasteiger partial charge in [0.15, 0.2) is 17.6 Å². The molecule has 0 bridgehead atoms. The number of hydrogen-bond donors (Lipinski definition) is 2. The van der Waals surface area contributed by atoms with Gasteiger partial charge in [0.1, 0.15) is 6.04 Å². The lowest BCUT2D eigenvalue weighted by molar-refractivity contribution is -0.711. The zero-order valence-electron chi connectivity index (χ0n) is 13.0. The number of rotatable bonds is 6.